The van der Waals surface area contributed by atoms with Crippen LogP contribution in [0.3, 0.4) is 0 Å². The third-order valence-corrected chi connectivity index (χ3v) is 17.3. The molecule has 0 spiro atoms. The van der Waals surface area contributed by atoms with Gasteiger partial charge < -0.3 is 39.9 Å². The number of aromatic amines is 2. The molecule has 25 heteroatoms. The van der Waals surface area contributed by atoms with E-state index in [2.05, 4.69) is 20.6 Å². The van der Waals surface area contributed by atoms with Crippen LogP contribution in [0.4, 0.5) is 26.3 Å². The van der Waals surface area contributed by atoms with E-state index in [1.807, 2.05) is 45.9 Å². The number of Topliss-reactive ketones (excluding diaryl/α,β-unsaturated/α-hetero) is 6. The number of carboxylic acid groups (broad SMARTS) is 1. The number of methoxy groups -OCH3 is 2. The first kappa shape index (κ1) is 71.0. The number of alkyl halides is 7. The van der Waals surface area contributed by atoms with E-state index in [0.717, 1.165) is 43.0 Å². The predicted octanol–water partition coefficient (Wildman–Crippen LogP) is 11.8. The molecule has 89 heavy (non-hydrogen) atoms. The summed E-state index contributed by atoms with van der Waals surface area (Å²) in [5.74, 6) is -6.80. The molecule has 0 radical (unpaired) electrons. The van der Waals surface area contributed by atoms with Gasteiger partial charge in [-0.05, 0) is 125 Å². The van der Waals surface area contributed by atoms with Crippen LogP contribution in [-0.2, 0) is 43.1 Å². The van der Waals surface area contributed by atoms with Crippen LogP contribution < -0.4 is 20.1 Å². The number of carbonyl (C=O) groups is 10. The maximum atomic E-state index is 13.6. The fraction of sp³-hybridized carbons (Fsp3) is 0.594. The summed E-state index contributed by atoms with van der Waals surface area (Å²) < 4.78 is 90.9. The highest BCUT2D eigenvalue weighted by Gasteiger charge is 2.70. The van der Waals surface area contributed by atoms with Gasteiger partial charge in [0.25, 0.3) is 0 Å². The summed E-state index contributed by atoms with van der Waals surface area (Å²) in [6.07, 6.45) is -4.53. The van der Waals surface area contributed by atoms with Gasteiger partial charge in [0.05, 0.1) is 43.6 Å². The van der Waals surface area contributed by atoms with Gasteiger partial charge >= 0.3 is 24.3 Å². The van der Waals surface area contributed by atoms with Crippen LogP contribution in [0.2, 0.25) is 0 Å². The van der Waals surface area contributed by atoms with Gasteiger partial charge in [-0.15, -0.1) is 11.6 Å². The van der Waals surface area contributed by atoms with E-state index in [1.54, 1.807) is 37.4 Å². The Kier molecular flexibility index (Phi) is 24.4. The lowest BCUT2D eigenvalue weighted by Gasteiger charge is -2.27. The Hall–Kier alpha value is -7.11. The molecule has 6 atom stereocenters. The second kappa shape index (κ2) is 30.6. The fourth-order valence-corrected chi connectivity index (χ4v) is 11.7. The number of amides is 2. The van der Waals surface area contributed by atoms with E-state index in [-0.39, 0.29) is 103 Å². The molecule has 2 heterocycles. The molecule has 2 aromatic carbocycles. The van der Waals surface area contributed by atoms with E-state index in [0.29, 0.717) is 60.2 Å². The van der Waals surface area contributed by atoms with Gasteiger partial charge in [-0.1, -0.05) is 52.7 Å². The maximum absolute atomic E-state index is 13.6. The molecule has 0 unspecified atom stereocenters. The van der Waals surface area contributed by atoms with Crippen molar-refractivity contribution in [3.63, 3.8) is 0 Å². The highest BCUT2D eigenvalue weighted by molar-refractivity contribution is 6.28. The molecule has 2 amide bonds. The van der Waals surface area contributed by atoms with Gasteiger partial charge in [0.2, 0.25) is 11.8 Å². The number of carbonyl (C=O) groups excluding carboxylic acids is 9. The summed E-state index contributed by atoms with van der Waals surface area (Å²) in [5.41, 5.74) is -2.83. The van der Waals surface area contributed by atoms with Crippen LogP contribution in [0, 0.1) is 46.3 Å². The lowest BCUT2D eigenvalue weighted by molar-refractivity contribution is -0.207. The number of hydrogen-bond acceptors (Lipinski definition) is 13. The molecule has 8 rings (SSSR count). The molecule has 4 aliphatic rings. The molecule has 4 saturated carbocycles. The molecule has 4 fully saturated rings. The highest BCUT2D eigenvalue weighted by atomic mass is 35.5. The molecule has 2 aromatic heterocycles. The van der Waals surface area contributed by atoms with Crippen molar-refractivity contribution in [3.8, 4) is 11.5 Å². The van der Waals surface area contributed by atoms with E-state index in [4.69, 9.17) is 30.9 Å². The lowest BCUT2D eigenvalue weighted by atomic mass is 9.82. The van der Waals surface area contributed by atoms with E-state index < -0.39 is 96.1 Å². The van der Waals surface area contributed by atoms with Gasteiger partial charge in [-0.25, -0.2) is 0 Å². The van der Waals surface area contributed by atoms with Crippen molar-refractivity contribution in [3.05, 3.63) is 59.9 Å². The van der Waals surface area contributed by atoms with Crippen LogP contribution in [0.5, 0.6) is 11.5 Å². The van der Waals surface area contributed by atoms with Crippen molar-refractivity contribution in [2.24, 2.45) is 46.3 Å². The maximum Gasteiger partial charge on any atom is 0.404 e. The third kappa shape index (κ3) is 18.3. The average Bonchev–Trinajstić information content (AvgIpc) is 2.16. The number of aliphatic carboxylic acids is 1. The lowest BCUT2D eigenvalue weighted by Crippen LogP contribution is -2.48. The fourth-order valence-electron chi connectivity index (χ4n) is 11.5. The van der Waals surface area contributed by atoms with Gasteiger partial charge in [0, 0.05) is 71.2 Å². The predicted molar refractivity (Wildman–Crippen MR) is 315 cm³/mol. The monoisotopic (exact) mass is 1280 g/mol. The number of carboxylic acids is 1. The zero-order valence-electron chi connectivity index (χ0n) is 50.8. The summed E-state index contributed by atoms with van der Waals surface area (Å²) in [4.78, 5) is 133. The van der Waals surface area contributed by atoms with Crippen molar-refractivity contribution in [2.45, 2.75) is 168 Å². The molecule has 5 N–H and O–H groups in total. The van der Waals surface area contributed by atoms with Crippen molar-refractivity contribution in [2.75, 3.05) is 26.7 Å². The van der Waals surface area contributed by atoms with E-state index >= 15 is 0 Å². The molecular weight excluding hydrogens is 1200 g/mol. The SMILES string of the molecule is COc1cccc2[nH]c(C(=O)C[C@@H](CC(C)C)C(=O)N[C@@H](C[C@@H]3CCCCC3=O)C(=O)CCl)cc12.COc1cccc2[nH]c(C(=O)C[C@@H](CC(C)C)C(=O)N[C@@H](C[C@@H]3CCCCC3=O)C(=O)COC(=O)C3(C(F)(F)F)CC3)cc12.O=C(O)C1(C(F)(F)F)CC1. The number of nitrogens with one attached hydrogen (secondary N) is 4. The number of halogens is 7. The highest BCUT2D eigenvalue weighted by Crippen LogP contribution is 2.59. The largest absolute Gasteiger partial charge is 0.496 e. The number of aromatic nitrogens is 2. The molecule has 0 saturated heterocycles. The van der Waals surface area contributed by atoms with Crippen molar-refractivity contribution < 1.29 is 93.6 Å². The molecule has 0 aliphatic heterocycles. The first-order chi connectivity index (χ1) is 41.9. The number of ketones is 6. The first-order valence-corrected chi connectivity index (χ1v) is 30.6. The summed E-state index contributed by atoms with van der Waals surface area (Å²) in [6.45, 7) is 6.78. The molecule has 4 aliphatic carbocycles. The quantitative estimate of drug-likeness (QED) is 0.0161. The number of ether oxygens (including phenoxy) is 3. The number of rotatable bonds is 27. The van der Waals surface area contributed by atoms with Crippen LogP contribution in [0.1, 0.15) is 164 Å². The van der Waals surface area contributed by atoms with Crippen LogP contribution in [-0.4, -0.2) is 125 Å². The van der Waals surface area contributed by atoms with Crippen molar-refractivity contribution in [1.82, 2.24) is 20.6 Å². The third-order valence-electron chi connectivity index (χ3n) is 17.1. The Morgan fingerprint density at radius 2 is 1.03 bits per heavy atom. The normalized spacial score (nSPS) is 19.1. The molecule has 488 valence electrons. The van der Waals surface area contributed by atoms with Gasteiger partial charge in [-0.2, -0.15) is 26.3 Å². The Morgan fingerprint density at radius 1 is 0.629 bits per heavy atom. The molecule has 18 nitrogen and oxygen atoms in total. The van der Waals surface area contributed by atoms with Crippen LogP contribution in [0.15, 0.2) is 48.5 Å². The zero-order chi connectivity index (χ0) is 65.8. The smallest absolute Gasteiger partial charge is 0.404 e. The second-order valence-corrected chi connectivity index (χ2v) is 24.9. The summed E-state index contributed by atoms with van der Waals surface area (Å²) in [7, 11) is 3.10. The average molecular weight is 1280 g/mol. The van der Waals surface area contributed by atoms with Gasteiger partial charge in [-0.3, -0.25) is 47.9 Å². The van der Waals surface area contributed by atoms with Crippen molar-refractivity contribution in [1.29, 1.82) is 0 Å². The number of H-pyrrole nitrogens is 2. The van der Waals surface area contributed by atoms with E-state index in [9.17, 15) is 74.3 Å². The Morgan fingerprint density at radius 3 is 1.36 bits per heavy atom. The molecule has 4 aromatic rings. The van der Waals surface area contributed by atoms with Crippen LogP contribution >= 0.6 is 11.6 Å². The van der Waals surface area contributed by atoms with Crippen LogP contribution in [0.25, 0.3) is 21.8 Å². The Balaban J connectivity index is 0.000000249. The van der Waals surface area contributed by atoms with E-state index in [1.165, 1.54) is 7.11 Å². The van der Waals surface area contributed by atoms with Crippen molar-refractivity contribution >= 4 is 91.9 Å². The summed E-state index contributed by atoms with van der Waals surface area (Å²) >= 11 is 5.82. The van der Waals surface area contributed by atoms with Gasteiger partial charge in [0.1, 0.15) is 23.1 Å². The number of fused-ring (bicyclic) bond motifs is 2. The minimum Gasteiger partial charge on any atom is -0.496 e. The summed E-state index contributed by atoms with van der Waals surface area (Å²) in [5, 5.41) is 15.1. The number of benzene rings is 2. The minimum absolute atomic E-state index is 0.00327. The Labute approximate surface area is 516 Å². The number of hydrogen-bond donors (Lipinski definition) is 5. The minimum atomic E-state index is -4.79. The zero-order valence-corrected chi connectivity index (χ0v) is 51.5. The Bertz CT molecular complexity index is 3230. The topological polar surface area (TPSA) is 274 Å². The summed E-state index contributed by atoms with van der Waals surface area (Å²) in [6, 6.07) is 12.2. The first-order valence-electron chi connectivity index (χ1n) is 30.1. The van der Waals surface area contributed by atoms with Gasteiger partial charge in [0.15, 0.2) is 40.6 Å². The number of esters is 1. The molecule has 0 bridgehead atoms. The molecular formula is C64H79ClF6N4O14. The second-order valence-electron chi connectivity index (χ2n) is 24.6. The standard InChI is InChI=1S/C32H39F3N2O7.C27H35ClN2O5.C5H5F3O2/c1-18(2)13-20(15-26(39)24-16-21-22(36-24)8-6-10-28(21)43-3)29(41)37-23(14-19-7-4-5-9-25(19)38)27(40)17-44-30(42)31(11-12-31)32(33,34)35;1-16(2)11-18(13-24(32)22-14-19-20(29-22)8-6-10-26(19)35-3)27(34)30-21(25(33)15-28)12-17-7-4-5-9-23(17)31;6-5(7,8)4(1-2-4)3(9)10/h6,8,10,16,18-20,23,36H,4-5,7,9,11-15,17H2,1-3H3,(H,37,41);6,8,10,14,16-18,21,29H,4-5,7,9,11-13,15H2,1-3H3,(H,30,34);1-2H2,(H,9,10)/t19-,20+,23-;17-,18+,21-;/m00./s1.